The molecule has 1 aliphatic heterocycles. The van der Waals surface area contributed by atoms with Crippen molar-refractivity contribution in [3.8, 4) is 10.4 Å². The van der Waals surface area contributed by atoms with Crippen LogP contribution in [0.15, 0.2) is 41.8 Å². The van der Waals surface area contributed by atoms with Crippen molar-refractivity contribution in [3.05, 3.63) is 47.3 Å². The fraction of sp³-hybridized carbons (Fsp3) is 0.429. The van der Waals surface area contributed by atoms with Crippen LogP contribution in [0.3, 0.4) is 0 Å². The van der Waals surface area contributed by atoms with E-state index in [0.717, 1.165) is 5.56 Å². The van der Waals surface area contributed by atoms with E-state index < -0.39 is 0 Å². The van der Waals surface area contributed by atoms with Gasteiger partial charge in [0, 0.05) is 38.7 Å². The molecule has 0 aliphatic carbocycles. The Hall–Kier alpha value is -2.18. The average Bonchev–Trinajstić information content (AvgIpc) is 3.18. The van der Waals surface area contributed by atoms with Crippen LogP contribution in [0, 0.1) is 5.92 Å². The summed E-state index contributed by atoms with van der Waals surface area (Å²) in [5, 5.41) is 2.07. The molecule has 0 spiro atoms. The van der Waals surface area contributed by atoms with Crippen LogP contribution in [0.1, 0.15) is 12.0 Å². The second-order valence-corrected chi connectivity index (χ2v) is 7.87. The lowest BCUT2D eigenvalue weighted by molar-refractivity contribution is -0.134. The molecule has 1 aliphatic rings. The zero-order valence-electron chi connectivity index (χ0n) is 15.9. The van der Waals surface area contributed by atoms with Crippen LogP contribution in [0.5, 0.6) is 0 Å². The third-order valence-corrected chi connectivity index (χ3v) is 5.90. The first-order valence-corrected chi connectivity index (χ1v) is 10.1. The third-order valence-electron chi connectivity index (χ3n) is 4.99. The molecule has 6 heteroatoms. The summed E-state index contributed by atoms with van der Waals surface area (Å²) in [6.07, 6.45) is 0.999. The molecule has 1 aromatic heterocycles. The van der Waals surface area contributed by atoms with Gasteiger partial charge in [0.2, 0.25) is 11.8 Å². The highest BCUT2D eigenvalue weighted by molar-refractivity contribution is 7.13. The molecule has 0 bridgehead atoms. The van der Waals surface area contributed by atoms with Gasteiger partial charge in [-0.15, -0.1) is 11.3 Å². The summed E-state index contributed by atoms with van der Waals surface area (Å²) in [6, 6.07) is 12.5. The summed E-state index contributed by atoms with van der Waals surface area (Å²) in [6.45, 7) is 2.04. The summed E-state index contributed by atoms with van der Waals surface area (Å²) < 4.78 is 5.02. The van der Waals surface area contributed by atoms with E-state index in [0.29, 0.717) is 39.1 Å². The van der Waals surface area contributed by atoms with Crippen molar-refractivity contribution in [2.45, 2.75) is 12.8 Å². The standard InChI is InChI=1S/C21H26N2O3S/c1-22-10-11-23(20(24)9-12-26-2)15-18(21(22)25)14-16-5-7-17(8-6-16)19-4-3-13-27-19/h3-8,13,18H,9-12,14-15H2,1-2H3/t18-/m0/s1. The van der Waals surface area contributed by atoms with Gasteiger partial charge in [-0.3, -0.25) is 9.59 Å². The number of hydrogen-bond acceptors (Lipinski definition) is 4. The molecule has 2 aromatic rings. The first-order chi connectivity index (χ1) is 13.1. The van der Waals surface area contributed by atoms with Crippen molar-refractivity contribution in [3.63, 3.8) is 0 Å². The van der Waals surface area contributed by atoms with E-state index >= 15 is 0 Å². The molecule has 1 saturated heterocycles. The number of carbonyl (C=O) groups excluding carboxylic acids is 2. The first kappa shape index (κ1) is 19.6. The number of thiophene rings is 1. The summed E-state index contributed by atoms with van der Waals surface area (Å²) in [7, 11) is 3.41. The second-order valence-electron chi connectivity index (χ2n) is 6.92. The Labute approximate surface area is 164 Å². The SMILES string of the molecule is COCCC(=O)N1CCN(C)C(=O)[C@@H](Cc2ccc(-c3cccs3)cc2)C1. The molecule has 144 valence electrons. The molecular weight excluding hydrogens is 360 g/mol. The van der Waals surface area contributed by atoms with Crippen molar-refractivity contribution in [1.82, 2.24) is 9.80 Å². The van der Waals surface area contributed by atoms with E-state index in [9.17, 15) is 9.59 Å². The number of carbonyl (C=O) groups is 2. The van der Waals surface area contributed by atoms with E-state index in [4.69, 9.17) is 4.74 Å². The molecule has 2 heterocycles. The molecule has 0 saturated carbocycles. The van der Waals surface area contributed by atoms with Crippen molar-refractivity contribution in [2.24, 2.45) is 5.92 Å². The Balaban J connectivity index is 1.70. The minimum Gasteiger partial charge on any atom is -0.384 e. The number of ether oxygens (including phenoxy) is 1. The fourth-order valence-electron chi connectivity index (χ4n) is 3.39. The molecule has 0 unspecified atom stereocenters. The third kappa shape index (κ3) is 4.96. The molecule has 27 heavy (non-hydrogen) atoms. The number of nitrogens with zero attached hydrogens (tertiary/aromatic N) is 2. The van der Waals surface area contributed by atoms with Gasteiger partial charge in [-0.2, -0.15) is 0 Å². The topological polar surface area (TPSA) is 49.9 Å². The van der Waals surface area contributed by atoms with Crippen molar-refractivity contribution >= 4 is 23.2 Å². The Morgan fingerprint density at radius 1 is 1.22 bits per heavy atom. The smallest absolute Gasteiger partial charge is 0.227 e. The minimum absolute atomic E-state index is 0.0537. The van der Waals surface area contributed by atoms with E-state index in [1.165, 1.54) is 10.4 Å². The predicted molar refractivity (Wildman–Crippen MR) is 108 cm³/mol. The molecule has 1 aromatic carbocycles. The van der Waals surface area contributed by atoms with E-state index in [1.807, 2.05) is 18.0 Å². The quantitative estimate of drug-likeness (QED) is 0.767. The van der Waals surface area contributed by atoms with Gasteiger partial charge in [-0.25, -0.2) is 0 Å². The maximum Gasteiger partial charge on any atom is 0.227 e. The van der Waals surface area contributed by atoms with Crippen LogP contribution in [0.2, 0.25) is 0 Å². The van der Waals surface area contributed by atoms with Gasteiger partial charge in [0.1, 0.15) is 0 Å². The average molecular weight is 387 g/mol. The molecule has 3 rings (SSSR count). The largest absolute Gasteiger partial charge is 0.384 e. The first-order valence-electron chi connectivity index (χ1n) is 9.23. The molecule has 0 N–H and O–H groups in total. The number of methoxy groups -OCH3 is 1. The molecule has 0 radical (unpaired) electrons. The number of hydrogen-bond donors (Lipinski definition) is 0. The van der Waals surface area contributed by atoms with Gasteiger partial charge in [0.05, 0.1) is 18.9 Å². The van der Waals surface area contributed by atoms with Crippen LogP contribution in [0.4, 0.5) is 0 Å². The Morgan fingerprint density at radius 3 is 2.67 bits per heavy atom. The predicted octanol–water partition coefficient (Wildman–Crippen LogP) is 2.91. The highest BCUT2D eigenvalue weighted by atomic mass is 32.1. The van der Waals surface area contributed by atoms with Gasteiger partial charge >= 0.3 is 0 Å². The van der Waals surface area contributed by atoms with Crippen molar-refractivity contribution in [2.75, 3.05) is 40.4 Å². The summed E-state index contributed by atoms with van der Waals surface area (Å²) in [5.41, 5.74) is 2.31. The zero-order chi connectivity index (χ0) is 19.2. The molecule has 1 fully saturated rings. The van der Waals surface area contributed by atoms with Crippen molar-refractivity contribution in [1.29, 1.82) is 0 Å². The molecule has 2 amide bonds. The number of likely N-dealkylation sites (N-methyl/N-ethyl adjacent to an activating group) is 1. The van der Waals surface area contributed by atoms with Gasteiger partial charge < -0.3 is 14.5 Å². The lowest BCUT2D eigenvalue weighted by Crippen LogP contribution is -2.37. The Bertz CT molecular complexity index is 758. The highest BCUT2D eigenvalue weighted by Gasteiger charge is 2.30. The second kappa shape index (κ2) is 9.15. The normalized spacial score (nSPS) is 17.9. The zero-order valence-corrected chi connectivity index (χ0v) is 16.7. The fourth-order valence-corrected chi connectivity index (χ4v) is 4.12. The van der Waals surface area contributed by atoms with Crippen LogP contribution in [0.25, 0.3) is 10.4 Å². The summed E-state index contributed by atoms with van der Waals surface area (Å²) >= 11 is 1.72. The van der Waals surface area contributed by atoms with Crippen LogP contribution < -0.4 is 0 Å². The highest BCUT2D eigenvalue weighted by Crippen LogP contribution is 2.25. The van der Waals surface area contributed by atoms with Crippen LogP contribution in [-0.2, 0) is 20.7 Å². The monoisotopic (exact) mass is 386 g/mol. The van der Waals surface area contributed by atoms with Gasteiger partial charge in [0.25, 0.3) is 0 Å². The Kier molecular flexibility index (Phi) is 6.63. The van der Waals surface area contributed by atoms with E-state index in [2.05, 4.69) is 35.7 Å². The summed E-state index contributed by atoms with van der Waals surface area (Å²) in [5.74, 6) is -0.0473. The molecule has 5 nitrogen and oxygen atoms in total. The number of amides is 2. The molecule has 1 atom stereocenters. The van der Waals surface area contributed by atoms with E-state index in [1.54, 1.807) is 23.3 Å². The van der Waals surface area contributed by atoms with Crippen molar-refractivity contribution < 1.29 is 14.3 Å². The minimum atomic E-state index is -0.211. The maximum atomic E-state index is 12.8. The summed E-state index contributed by atoms with van der Waals surface area (Å²) in [4.78, 5) is 30.0. The van der Waals surface area contributed by atoms with Gasteiger partial charge in [-0.1, -0.05) is 30.3 Å². The molecular formula is C21H26N2O3S. The maximum absolute atomic E-state index is 12.8. The lowest BCUT2D eigenvalue weighted by Gasteiger charge is -2.23. The Morgan fingerprint density at radius 2 is 2.00 bits per heavy atom. The van der Waals surface area contributed by atoms with Gasteiger partial charge in [-0.05, 0) is 29.0 Å². The van der Waals surface area contributed by atoms with Crippen LogP contribution in [-0.4, -0.2) is 62.0 Å². The number of benzene rings is 1. The van der Waals surface area contributed by atoms with E-state index in [-0.39, 0.29) is 17.7 Å². The van der Waals surface area contributed by atoms with Gasteiger partial charge in [0.15, 0.2) is 0 Å². The number of rotatable bonds is 6. The van der Waals surface area contributed by atoms with Crippen LogP contribution >= 0.6 is 11.3 Å². The lowest BCUT2D eigenvalue weighted by atomic mass is 9.96.